The van der Waals surface area contributed by atoms with Crippen LogP contribution in [0.3, 0.4) is 0 Å². The predicted molar refractivity (Wildman–Crippen MR) is 83.4 cm³/mol. The summed E-state index contributed by atoms with van der Waals surface area (Å²) in [4.78, 5) is 6.90. The summed E-state index contributed by atoms with van der Waals surface area (Å²) in [6, 6.07) is 10.2. The molecule has 1 aliphatic rings. The zero-order valence-corrected chi connectivity index (χ0v) is 13.1. The largest absolute Gasteiger partial charge is 0.384 e. The van der Waals surface area contributed by atoms with Crippen LogP contribution in [-0.2, 0) is 17.7 Å². The number of aromatic nitrogens is 2. The van der Waals surface area contributed by atoms with Crippen LogP contribution in [0.4, 0.5) is 0 Å². The summed E-state index contributed by atoms with van der Waals surface area (Å²) in [5.41, 5.74) is 1.20. The van der Waals surface area contributed by atoms with Gasteiger partial charge in [0, 0.05) is 20.1 Å². The number of methoxy groups -OCH3 is 1. The molecule has 0 amide bonds. The molecule has 1 aromatic carbocycles. The molecule has 5 heteroatoms. The zero-order chi connectivity index (χ0) is 15.2. The summed E-state index contributed by atoms with van der Waals surface area (Å²) in [5.74, 6) is 2.08. The van der Waals surface area contributed by atoms with E-state index < -0.39 is 0 Å². The van der Waals surface area contributed by atoms with Gasteiger partial charge in [-0.2, -0.15) is 4.98 Å². The Morgan fingerprint density at radius 1 is 1.32 bits per heavy atom. The van der Waals surface area contributed by atoms with E-state index in [0.29, 0.717) is 11.8 Å². The topological polar surface area (TPSA) is 51.4 Å². The number of rotatable bonds is 6. The summed E-state index contributed by atoms with van der Waals surface area (Å²) >= 11 is 0. The molecule has 1 aromatic heterocycles. The van der Waals surface area contributed by atoms with Crippen molar-refractivity contribution in [3.63, 3.8) is 0 Å². The van der Waals surface area contributed by atoms with Gasteiger partial charge in [-0.1, -0.05) is 35.5 Å². The smallest absolute Gasteiger partial charge is 0.240 e. The third-order valence-electron chi connectivity index (χ3n) is 4.08. The molecular weight excluding hydrogens is 278 g/mol. The Morgan fingerprint density at radius 3 is 3.00 bits per heavy atom. The van der Waals surface area contributed by atoms with Gasteiger partial charge in [0.25, 0.3) is 0 Å². The van der Waals surface area contributed by atoms with Crippen molar-refractivity contribution in [2.75, 3.05) is 26.8 Å². The Bertz CT molecular complexity index is 568. The van der Waals surface area contributed by atoms with Crippen molar-refractivity contribution in [1.29, 1.82) is 0 Å². The van der Waals surface area contributed by atoms with Crippen LogP contribution in [-0.4, -0.2) is 41.8 Å². The van der Waals surface area contributed by atoms with E-state index in [1.165, 1.54) is 18.4 Å². The van der Waals surface area contributed by atoms with Gasteiger partial charge < -0.3 is 9.26 Å². The van der Waals surface area contributed by atoms with Crippen molar-refractivity contribution in [3.05, 3.63) is 47.6 Å². The van der Waals surface area contributed by atoms with Gasteiger partial charge in [0.05, 0.1) is 13.2 Å². The first kappa shape index (κ1) is 15.2. The fraction of sp³-hybridized carbons (Fsp3) is 0.529. The van der Waals surface area contributed by atoms with Gasteiger partial charge in [-0.15, -0.1) is 0 Å². The Balaban J connectivity index is 1.55. The van der Waals surface area contributed by atoms with E-state index in [9.17, 15) is 0 Å². The van der Waals surface area contributed by atoms with Crippen molar-refractivity contribution >= 4 is 0 Å². The molecule has 0 unspecified atom stereocenters. The van der Waals surface area contributed by atoms with Crippen LogP contribution in [0.2, 0.25) is 0 Å². The highest BCUT2D eigenvalue weighted by Gasteiger charge is 2.21. The molecule has 1 saturated heterocycles. The van der Waals surface area contributed by atoms with Crippen LogP contribution in [0.1, 0.15) is 30.1 Å². The second kappa shape index (κ2) is 7.51. The minimum absolute atomic E-state index is 0.616. The SMILES string of the molecule is COC[C@@H]1CCCN(Cc2nc(Cc3ccccc3)no2)C1. The van der Waals surface area contributed by atoms with Crippen molar-refractivity contribution in [2.45, 2.75) is 25.8 Å². The highest BCUT2D eigenvalue weighted by molar-refractivity contribution is 5.18. The molecule has 2 heterocycles. The summed E-state index contributed by atoms with van der Waals surface area (Å²) in [7, 11) is 1.77. The summed E-state index contributed by atoms with van der Waals surface area (Å²) in [5, 5.41) is 4.09. The van der Waals surface area contributed by atoms with Crippen LogP contribution in [0.5, 0.6) is 0 Å². The molecule has 5 nitrogen and oxygen atoms in total. The Morgan fingerprint density at radius 2 is 2.18 bits per heavy atom. The van der Waals surface area contributed by atoms with Gasteiger partial charge in [-0.3, -0.25) is 4.90 Å². The highest BCUT2D eigenvalue weighted by atomic mass is 16.5. The lowest BCUT2D eigenvalue weighted by molar-refractivity contribution is 0.0820. The number of ether oxygens (including phenoxy) is 1. The zero-order valence-electron chi connectivity index (χ0n) is 13.1. The molecule has 0 bridgehead atoms. The Labute approximate surface area is 131 Å². The van der Waals surface area contributed by atoms with E-state index in [1.54, 1.807) is 7.11 Å². The van der Waals surface area contributed by atoms with Crippen LogP contribution < -0.4 is 0 Å². The standard InChI is InChI=1S/C17H23N3O2/c1-21-13-15-8-5-9-20(11-15)12-17-18-16(19-22-17)10-14-6-3-2-4-7-14/h2-4,6-7,15H,5,8-13H2,1H3/t15-/m1/s1. The number of likely N-dealkylation sites (tertiary alicyclic amines) is 1. The van der Waals surface area contributed by atoms with E-state index in [2.05, 4.69) is 27.2 Å². The molecule has 0 radical (unpaired) electrons. The second-order valence-electron chi connectivity index (χ2n) is 5.97. The minimum Gasteiger partial charge on any atom is -0.384 e. The lowest BCUT2D eigenvalue weighted by Crippen LogP contribution is -2.36. The number of hydrogen-bond donors (Lipinski definition) is 0. The first-order chi connectivity index (χ1) is 10.8. The van der Waals surface area contributed by atoms with Gasteiger partial charge in [-0.25, -0.2) is 0 Å². The van der Waals surface area contributed by atoms with E-state index >= 15 is 0 Å². The summed E-state index contributed by atoms with van der Waals surface area (Å²) < 4.78 is 10.7. The van der Waals surface area contributed by atoms with Crippen molar-refractivity contribution in [3.8, 4) is 0 Å². The summed E-state index contributed by atoms with van der Waals surface area (Å²) in [6.45, 7) is 3.71. The van der Waals surface area contributed by atoms with Gasteiger partial charge in [0.1, 0.15) is 0 Å². The van der Waals surface area contributed by atoms with Gasteiger partial charge in [0.2, 0.25) is 5.89 Å². The first-order valence-electron chi connectivity index (χ1n) is 7.90. The molecule has 0 N–H and O–H groups in total. The molecular formula is C17H23N3O2. The van der Waals surface area contributed by atoms with Crippen molar-refractivity contribution in [1.82, 2.24) is 15.0 Å². The van der Waals surface area contributed by atoms with E-state index in [1.807, 2.05) is 18.2 Å². The minimum atomic E-state index is 0.616. The third-order valence-corrected chi connectivity index (χ3v) is 4.08. The average molecular weight is 301 g/mol. The van der Waals surface area contributed by atoms with Crippen LogP contribution >= 0.6 is 0 Å². The number of piperidine rings is 1. The second-order valence-corrected chi connectivity index (χ2v) is 5.97. The van der Waals surface area contributed by atoms with Gasteiger partial charge in [-0.05, 0) is 30.9 Å². The highest BCUT2D eigenvalue weighted by Crippen LogP contribution is 2.18. The quantitative estimate of drug-likeness (QED) is 0.820. The number of nitrogens with zero attached hydrogens (tertiary/aromatic N) is 3. The van der Waals surface area contributed by atoms with Crippen LogP contribution in [0.15, 0.2) is 34.9 Å². The monoisotopic (exact) mass is 301 g/mol. The molecule has 0 aliphatic carbocycles. The molecule has 118 valence electrons. The molecule has 22 heavy (non-hydrogen) atoms. The number of hydrogen-bond acceptors (Lipinski definition) is 5. The Hall–Kier alpha value is -1.72. The molecule has 0 saturated carbocycles. The van der Waals surface area contributed by atoms with E-state index in [0.717, 1.165) is 38.5 Å². The molecule has 1 fully saturated rings. The maximum absolute atomic E-state index is 5.40. The Kier molecular flexibility index (Phi) is 5.19. The van der Waals surface area contributed by atoms with Gasteiger partial charge in [0.15, 0.2) is 5.82 Å². The molecule has 3 rings (SSSR count). The molecule has 2 aromatic rings. The van der Waals surface area contributed by atoms with Crippen LogP contribution in [0, 0.1) is 5.92 Å². The molecule has 1 aliphatic heterocycles. The lowest BCUT2D eigenvalue weighted by atomic mass is 9.99. The van der Waals surface area contributed by atoms with Crippen molar-refractivity contribution in [2.24, 2.45) is 5.92 Å². The summed E-state index contributed by atoms with van der Waals surface area (Å²) in [6.07, 6.45) is 3.17. The van der Waals surface area contributed by atoms with Crippen molar-refractivity contribution < 1.29 is 9.26 Å². The van der Waals surface area contributed by atoms with Gasteiger partial charge >= 0.3 is 0 Å². The molecule has 0 spiro atoms. The molecule has 1 atom stereocenters. The van der Waals surface area contributed by atoms with E-state index in [4.69, 9.17) is 9.26 Å². The fourth-order valence-corrected chi connectivity index (χ4v) is 3.06. The predicted octanol–water partition coefficient (Wildman–Crippen LogP) is 2.52. The van der Waals surface area contributed by atoms with Crippen LogP contribution in [0.25, 0.3) is 0 Å². The lowest BCUT2D eigenvalue weighted by Gasteiger charge is -2.31. The fourth-order valence-electron chi connectivity index (χ4n) is 3.06. The maximum atomic E-state index is 5.40. The normalized spacial score (nSPS) is 19.4. The third kappa shape index (κ3) is 4.15. The van der Waals surface area contributed by atoms with E-state index in [-0.39, 0.29) is 0 Å². The number of benzene rings is 1. The average Bonchev–Trinajstić information content (AvgIpc) is 2.96. The first-order valence-corrected chi connectivity index (χ1v) is 7.90. The maximum Gasteiger partial charge on any atom is 0.240 e.